The minimum Gasteiger partial charge on any atom is -0.330 e. The Morgan fingerprint density at radius 2 is 2.54 bits per heavy atom. The van der Waals surface area contributed by atoms with Crippen molar-refractivity contribution in [2.24, 2.45) is 11.7 Å². The number of nitro groups is 1. The molecule has 0 aliphatic heterocycles. The summed E-state index contributed by atoms with van der Waals surface area (Å²) in [6.07, 6.45) is 2.65. The van der Waals surface area contributed by atoms with Crippen molar-refractivity contribution >= 4 is 5.69 Å². The Bertz CT molecular complexity index is 296. The van der Waals surface area contributed by atoms with Gasteiger partial charge < -0.3 is 5.73 Å². The van der Waals surface area contributed by atoms with E-state index in [1.165, 1.54) is 17.1 Å². The van der Waals surface area contributed by atoms with E-state index in [0.717, 1.165) is 0 Å². The molecule has 0 fully saturated rings. The van der Waals surface area contributed by atoms with Gasteiger partial charge >= 0.3 is 5.69 Å². The zero-order chi connectivity index (χ0) is 9.84. The molecule has 0 aliphatic rings. The lowest BCUT2D eigenvalue weighted by Crippen LogP contribution is -2.17. The van der Waals surface area contributed by atoms with Crippen LogP contribution in [0.3, 0.4) is 0 Å². The highest BCUT2D eigenvalue weighted by molar-refractivity contribution is 5.20. The van der Waals surface area contributed by atoms with E-state index in [2.05, 4.69) is 5.10 Å². The molecule has 0 saturated carbocycles. The molecule has 6 nitrogen and oxygen atoms in total. The molecule has 13 heavy (non-hydrogen) atoms. The predicted octanol–water partition coefficient (Wildman–Crippen LogP) is 0.386. The first-order chi connectivity index (χ1) is 6.13. The minimum atomic E-state index is -0.462. The quantitative estimate of drug-likeness (QED) is 0.541. The molecule has 1 rings (SSSR count). The highest BCUT2D eigenvalue weighted by Gasteiger charge is 2.09. The fourth-order valence-electron chi connectivity index (χ4n) is 0.941. The lowest BCUT2D eigenvalue weighted by atomic mass is 10.2. The van der Waals surface area contributed by atoms with E-state index in [9.17, 15) is 10.1 Å². The maximum absolute atomic E-state index is 10.3. The van der Waals surface area contributed by atoms with Crippen molar-refractivity contribution in [1.29, 1.82) is 0 Å². The third kappa shape index (κ3) is 2.51. The van der Waals surface area contributed by atoms with Crippen LogP contribution in [0.5, 0.6) is 0 Å². The number of hydrogen-bond acceptors (Lipinski definition) is 4. The van der Waals surface area contributed by atoms with Crippen molar-refractivity contribution in [2.45, 2.75) is 13.5 Å². The Kier molecular flexibility index (Phi) is 2.97. The highest BCUT2D eigenvalue weighted by atomic mass is 16.6. The van der Waals surface area contributed by atoms with Crippen LogP contribution in [0.1, 0.15) is 6.92 Å². The normalized spacial score (nSPS) is 12.8. The number of nitrogens with zero attached hydrogens (tertiary/aromatic N) is 3. The Morgan fingerprint density at radius 3 is 3.00 bits per heavy atom. The zero-order valence-corrected chi connectivity index (χ0v) is 7.38. The smallest absolute Gasteiger partial charge is 0.306 e. The Labute approximate surface area is 75.5 Å². The average Bonchev–Trinajstić information content (AvgIpc) is 2.52. The summed E-state index contributed by atoms with van der Waals surface area (Å²) >= 11 is 0. The van der Waals surface area contributed by atoms with Crippen LogP contribution in [0.15, 0.2) is 12.4 Å². The van der Waals surface area contributed by atoms with Gasteiger partial charge in [0, 0.05) is 6.54 Å². The number of nitrogens with two attached hydrogens (primary N) is 1. The van der Waals surface area contributed by atoms with Crippen LogP contribution in [0.2, 0.25) is 0 Å². The second kappa shape index (κ2) is 3.99. The van der Waals surface area contributed by atoms with Gasteiger partial charge in [-0.1, -0.05) is 6.92 Å². The van der Waals surface area contributed by atoms with E-state index in [1.54, 1.807) is 0 Å². The molecule has 1 heterocycles. The molecule has 72 valence electrons. The molecule has 1 aromatic heterocycles. The monoisotopic (exact) mass is 184 g/mol. The van der Waals surface area contributed by atoms with Gasteiger partial charge in [-0.25, -0.2) is 0 Å². The van der Waals surface area contributed by atoms with Crippen LogP contribution < -0.4 is 5.73 Å². The van der Waals surface area contributed by atoms with Gasteiger partial charge in [-0.05, 0) is 12.5 Å². The molecule has 1 unspecified atom stereocenters. The van der Waals surface area contributed by atoms with Gasteiger partial charge in [0.2, 0.25) is 0 Å². The van der Waals surface area contributed by atoms with E-state index in [-0.39, 0.29) is 11.6 Å². The average molecular weight is 184 g/mol. The van der Waals surface area contributed by atoms with Crippen molar-refractivity contribution in [1.82, 2.24) is 9.78 Å². The summed E-state index contributed by atoms with van der Waals surface area (Å²) in [7, 11) is 0. The van der Waals surface area contributed by atoms with Crippen LogP contribution in [0.4, 0.5) is 5.69 Å². The predicted molar refractivity (Wildman–Crippen MR) is 47.1 cm³/mol. The molecule has 0 saturated heterocycles. The van der Waals surface area contributed by atoms with E-state index < -0.39 is 4.92 Å². The summed E-state index contributed by atoms with van der Waals surface area (Å²) in [5.74, 6) is 0.277. The topological polar surface area (TPSA) is 87.0 Å². The molecule has 0 aliphatic carbocycles. The second-order valence-electron chi connectivity index (χ2n) is 3.02. The second-order valence-corrected chi connectivity index (χ2v) is 3.02. The minimum absolute atomic E-state index is 0.0178. The fourth-order valence-corrected chi connectivity index (χ4v) is 0.941. The number of aromatic nitrogens is 2. The summed E-state index contributed by atoms with van der Waals surface area (Å²) in [5, 5.41) is 14.1. The fraction of sp³-hybridized carbons (Fsp3) is 0.571. The molecule has 0 aromatic carbocycles. The lowest BCUT2D eigenvalue weighted by Gasteiger charge is -2.06. The van der Waals surface area contributed by atoms with Gasteiger partial charge in [-0.3, -0.25) is 14.8 Å². The van der Waals surface area contributed by atoms with Crippen LogP contribution in [-0.4, -0.2) is 21.2 Å². The first-order valence-corrected chi connectivity index (χ1v) is 4.00. The first kappa shape index (κ1) is 9.66. The molecule has 6 heteroatoms. The molecular weight excluding hydrogens is 172 g/mol. The van der Waals surface area contributed by atoms with E-state index in [1.807, 2.05) is 6.92 Å². The van der Waals surface area contributed by atoms with Crippen molar-refractivity contribution in [3.8, 4) is 0 Å². The van der Waals surface area contributed by atoms with Crippen molar-refractivity contribution in [3.05, 3.63) is 22.5 Å². The van der Waals surface area contributed by atoms with E-state index in [0.29, 0.717) is 13.1 Å². The SMILES string of the molecule is CC(CN)Cn1cc([N+](=O)[O-])cn1. The molecule has 0 radical (unpaired) electrons. The maximum atomic E-state index is 10.3. The molecule has 1 aromatic rings. The van der Waals surface area contributed by atoms with Crippen molar-refractivity contribution in [2.75, 3.05) is 6.54 Å². The molecular formula is C7H12N4O2. The summed E-state index contributed by atoms with van der Waals surface area (Å²) in [4.78, 5) is 9.84. The van der Waals surface area contributed by atoms with E-state index >= 15 is 0 Å². The van der Waals surface area contributed by atoms with Gasteiger partial charge in [-0.2, -0.15) is 5.10 Å². The van der Waals surface area contributed by atoms with E-state index in [4.69, 9.17) is 5.73 Å². The Balaban J connectivity index is 2.64. The lowest BCUT2D eigenvalue weighted by molar-refractivity contribution is -0.385. The molecule has 0 spiro atoms. The molecule has 2 N–H and O–H groups in total. The van der Waals surface area contributed by atoms with Gasteiger partial charge in [-0.15, -0.1) is 0 Å². The Hall–Kier alpha value is -1.43. The molecule has 0 amide bonds. The summed E-state index contributed by atoms with van der Waals surface area (Å²) in [6.45, 7) is 3.13. The maximum Gasteiger partial charge on any atom is 0.306 e. The van der Waals surface area contributed by atoms with Crippen LogP contribution in [0.25, 0.3) is 0 Å². The van der Waals surface area contributed by atoms with Crippen LogP contribution in [-0.2, 0) is 6.54 Å². The molecule has 0 bridgehead atoms. The van der Waals surface area contributed by atoms with Gasteiger partial charge in [0.15, 0.2) is 0 Å². The van der Waals surface area contributed by atoms with Gasteiger partial charge in [0.25, 0.3) is 0 Å². The number of hydrogen-bond donors (Lipinski definition) is 1. The van der Waals surface area contributed by atoms with Crippen LogP contribution >= 0.6 is 0 Å². The van der Waals surface area contributed by atoms with Gasteiger partial charge in [0.05, 0.1) is 4.92 Å². The third-order valence-electron chi connectivity index (χ3n) is 1.73. The zero-order valence-electron chi connectivity index (χ0n) is 7.38. The van der Waals surface area contributed by atoms with Crippen molar-refractivity contribution < 1.29 is 4.92 Å². The van der Waals surface area contributed by atoms with Crippen molar-refractivity contribution in [3.63, 3.8) is 0 Å². The summed E-state index contributed by atoms with van der Waals surface area (Å²) in [5.41, 5.74) is 5.43. The highest BCUT2D eigenvalue weighted by Crippen LogP contribution is 2.08. The standard InChI is InChI=1S/C7H12N4O2/c1-6(2-8)4-10-5-7(3-9-10)11(12)13/h3,5-6H,2,4,8H2,1H3. The van der Waals surface area contributed by atoms with Crippen LogP contribution in [0, 0.1) is 16.0 Å². The third-order valence-corrected chi connectivity index (χ3v) is 1.73. The largest absolute Gasteiger partial charge is 0.330 e. The first-order valence-electron chi connectivity index (χ1n) is 4.00. The van der Waals surface area contributed by atoms with Gasteiger partial charge in [0.1, 0.15) is 12.4 Å². The molecule has 1 atom stereocenters. The summed E-state index contributed by atoms with van der Waals surface area (Å²) < 4.78 is 1.54. The Morgan fingerprint density at radius 1 is 1.85 bits per heavy atom. The number of rotatable bonds is 4. The summed E-state index contributed by atoms with van der Waals surface area (Å²) in [6, 6.07) is 0.